The molecule has 0 aliphatic carbocycles. The highest BCUT2D eigenvalue weighted by Gasteiger charge is 2.21. The van der Waals surface area contributed by atoms with Gasteiger partial charge in [-0.25, -0.2) is 22.3 Å². The summed E-state index contributed by atoms with van der Waals surface area (Å²) in [6.07, 6.45) is 0. The maximum atomic E-state index is 13.4. The molecule has 0 aromatic heterocycles. The maximum absolute atomic E-state index is 13.4. The number of hydrogen-bond donors (Lipinski definition) is 2. The Morgan fingerprint density at radius 1 is 1.33 bits per heavy atom. The van der Waals surface area contributed by atoms with E-state index in [1.165, 1.54) is 0 Å². The zero-order chi connectivity index (χ0) is 14.1. The normalized spacial score (nSPS) is 11.7. The van der Waals surface area contributed by atoms with Crippen molar-refractivity contribution in [2.75, 3.05) is 0 Å². The molecule has 0 aliphatic heterocycles. The van der Waals surface area contributed by atoms with Crippen LogP contribution in [0.5, 0.6) is 0 Å². The zero-order valence-corrected chi connectivity index (χ0v) is 10.5. The van der Waals surface area contributed by atoms with Crippen LogP contribution >= 0.6 is 0 Å². The van der Waals surface area contributed by atoms with E-state index in [2.05, 4.69) is 5.32 Å². The molecule has 0 spiro atoms. The molecule has 0 radical (unpaired) electrons. The Bertz CT molecular complexity index is 585. The van der Waals surface area contributed by atoms with E-state index in [0.29, 0.717) is 12.1 Å². The molecule has 1 aromatic rings. The maximum Gasteiger partial charge on any atom is 0.254 e. The number of primary sulfonamides is 1. The second-order valence-corrected chi connectivity index (χ2v) is 5.50. The quantitative estimate of drug-likeness (QED) is 0.855. The van der Waals surface area contributed by atoms with Crippen LogP contribution in [0.1, 0.15) is 24.2 Å². The van der Waals surface area contributed by atoms with Gasteiger partial charge in [0.2, 0.25) is 10.0 Å². The minimum absolute atomic E-state index is 0.307. The molecule has 0 bridgehead atoms. The van der Waals surface area contributed by atoms with Gasteiger partial charge in [0.15, 0.2) is 11.6 Å². The molecule has 0 fully saturated rings. The molecule has 1 amide bonds. The minimum atomic E-state index is -4.21. The van der Waals surface area contributed by atoms with Crippen LogP contribution in [0.2, 0.25) is 0 Å². The third-order valence-electron chi connectivity index (χ3n) is 1.99. The van der Waals surface area contributed by atoms with Crippen molar-refractivity contribution >= 4 is 15.9 Å². The molecule has 3 N–H and O–H groups in total. The highest BCUT2D eigenvalue weighted by atomic mass is 32.2. The number of benzene rings is 1. The van der Waals surface area contributed by atoms with E-state index in [1.807, 2.05) is 0 Å². The van der Waals surface area contributed by atoms with E-state index >= 15 is 0 Å². The van der Waals surface area contributed by atoms with Gasteiger partial charge >= 0.3 is 0 Å². The molecule has 0 heterocycles. The van der Waals surface area contributed by atoms with Gasteiger partial charge < -0.3 is 5.32 Å². The number of sulfonamides is 1. The van der Waals surface area contributed by atoms with E-state index in [1.54, 1.807) is 13.8 Å². The van der Waals surface area contributed by atoms with Crippen molar-refractivity contribution in [2.45, 2.75) is 24.8 Å². The van der Waals surface area contributed by atoms with Crippen LogP contribution in [0, 0.1) is 11.6 Å². The predicted molar refractivity (Wildman–Crippen MR) is 60.3 cm³/mol. The van der Waals surface area contributed by atoms with Crippen molar-refractivity contribution in [1.82, 2.24) is 5.32 Å². The average molecular weight is 278 g/mol. The van der Waals surface area contributed by atoms with Crippen LogP contribution in [0.4, 0.5) is 8.78 Å². The fourth-order valence-corrected chi connectivity index (χ4v) is 1.78. The molecule has 1 rings (SSSR count). The number of nitrogens with one attached hydrogen (secondary N) is 1. The number of nitrogens with two attached hydrogens (primary N) is 1. The number of hydrogen-bond acceptors (Lipinski definition) is 3. The number of rotatable bonds is 3. The third kappa shape index (κ3) is 3.23. The highest BCUT2D eigenvalue weighted by Crippen LogP contribution is 2.18. The van der Waals surface area contributed by atoms with Gasteiger partial charge in [0.1, 0.15) is 0 Å². The van der Waals surface area contributed by atoms with Gasteiger partial charge in [-0.05, 0) is 26.0 Å². The Kier molecular flexibility index (Phi) is 4.02. The lowest BCUT2D eigenvalue weighted by molar-refractivity contribution is 0.0937. The second-order valence-electron chi connectivity index (χ2n) is 3.94. The molecule has 8 heteroatoms. The molecular formula is C10H12F2N2O3S. The number of halogens is 2. The van der Waals surface area contributed by atoms with Crippen molar-refractivity contribution in [2.24, 2.45) is 5.14 Å². The number of carbonyl (C=O) groups excluding carboxylic acids is 1. The zero-order valence-electron chi connectivity index (χ0n) is 9.70. The summed E-state index contributed by atoms with van der Waals surface area (Å²) in [4.78, 5) is 10.9. The van der Waals surface area contributed by atoms with Crippen molar-refractivity contribution in [1.29, 1.82) is 0 Å². The van der Waals surface area contributed by atoms with Crippen LogP contribution in [-0.2, 0) is 10.0 Å². The van der Waals surface area contributed by atoms with Gasteiger partial charge in [0.25, 0.3) is 5.91 Å². The molecular weight excluding hydrogens is 266 g/mol. The first-order chi connectivity index (χ1) is 8.12. The Labute approximate surface area is 103 Å². The van der Waals surface area contributed by atoms with E-state index in [-0.39, 0.29) is 6.04 Å². The van der Waals surface area contributed by atoms with Crippen LogP contribution in [0.15, 0.2) is 17.0 Å². The van der Waals surface area contributed by atoms with Crippen LogP contribution in [0.25, 0.3) is 0 Å². The molecule has 0 atom stereocenters. The van der Waals surface area contributed by atoms with Gasteiger partial charge in [-0.15, -0.1) is 0 Å². The minimum Gasteiger partial charge on any atom is -0.350 e. The summed E-state index contributed by atoms with van der Waals surface area (Å²) in [5, 5.41) is 7.12. The lowest BCUT2D eigenvalue weighted by Gasteiger charge is -2.10. The fourth-order valence-electron chi connectivity index (χ4n) is 1.23. The summed E-state index contributed by atoms with van der Waals surface area (Å²) < 4.78 is 48.7. The lowest BCUT2D eigenvalue weighted by Crippen LogP contribution is -2.31. The van der Waals surface area contributed by atoms with Crippen molar-refractivity contribution in [3.63, 3.8) is 0 Å². The molecule has 0 unspecified atom stereocenters. The van der Waals surface area contributed by atoms with Crippen molar-refractivity contribution in [3.05, 3.63) is 29.3 Å². The molecule has 0 aliphatic rings. The Morgan fingerprint density at radius 3 is 2.33 bits per heavy atom. The van der Waals surface area contributed by atoms with Crippen molar-refractivity contribution < 1.29 is 22.0 Å². The summed E-state index contributed by atoms with van der Waals surface area (Å²) in [6.45, 7) is 3.24. The van der Waals surface area contributed by atoms with Gasteiger partial charge in [-0.3, -0.25) is 4.79 Å². The summed E-state index contributed by atoms with van der Waals surface area (Å²) >= 11 is 0. The Morgan fingerprint density at radius 2 is 1.89 bits per heavy atom. The third-order valence-corrected chi connectivity index (χ3v) is 2.89. The van der Waals surface area contributed by atoms with Gasteiger partial charge in [0, 0.05) is 6.04 Å². The van der Waals surface area contributed by atoms with E-state index in [0.717, 1.165) is 0 Å². The van der Waals surface area contributed by atoms with Gasteiger partial charge in [0.05, 0.1) is 10.5 Å². The number of carbonyl (C=O) groups is 1. The molecule has 0 saturated carbocycles. The molecule has 0 saturated heterocycles. The van der Waals surface area contributed by atoms with Gasteiger partial charge in [-0.1, -0.05) is 0 Å². The standard InChI is InChI=1S/C10H12F2N2O3S/c1-5(2)14-10(15)7-3-6(18(13,16)17)4-8(11)9(7)12/h3-5H,1-2H3,(H,14,15)(H2,13,16,17). The Hall–Kier alpha value is -1.54. The lowest BCUT2D eigenvalue weighted by atomic mass is 10.2. The van der Waals surface area contributed by atoms with E-state index in [4.69, 9.17) is 5.14 Å². The van der Waals surface area contributed by atoms with Crippen molar-refractivity contribution in [3.8, 4) is 0 Å². The molecule has 5 nitrogen and oxygen atoms in total. The van der Waals surface area contributed by atoms with E-state index in [9.17, 15) is 22.0 Å². The topological polar surface area (TPSA) is 89.3 Å². The summed E-state index contributed by atoms with van der Waals surface area (Å²) in [7, 11) is -4.21. The average Bonchev–Trinajstić information content (AvgIpc) is 2.18. The first kappa shape index (κ1) is 14.5. The van der Waals surface area contributed by atoms with Crippen LogP contribution < -0.4 is 10.5 Å². The van der Waals surface area contributed by atoms with Gasteiger partial charge in [-0.2, -0.15) is 0 Å². The largest absolute Gasteiger partial charge is 0.350 e. The van der Waals surface area contributed by atoms with Crippen LogP contribution in [-0.4, -0.2) is 20.4 Å². The monoisotopic (exact) mass is 278 g/mol. The van der Waals surface area contributed by atoms with E-state index < -0.39 is 38.0 Å². The Balaban J connectivity index is 3.36. The highest BCUT2D eigenvalue weighted by molar-refractivity contribution is 7.89. The first-order valence-electron chi connectivity index (χ1n) is 4.95. The fraction of sp³-hybridized carbons (Fsp3) is 0.300. The molecule has 18 heavy (non-hydrogen) atoms. The summed E-state index contributed by atoms with van der Waals surface area (Å²) in [5.41, 5.74) is -0.701. The first-order valence-corrected chi connectivity index (χ1v) is 6.50. The molecule has 1 aromatic carbocycles. The summed E-state index contributed by atoms with van der Waals surface area (Å²) in [5.74, 6) is -3.78. The number of amides is 1. The smallest absolute Gasteiger partial charge is 0.254 e. The summed E-state index contributed by atoms with van der Waals surface area (Å²) in [6, 6.07) is 0.820. The predicted octanol–water partition coefficient (Wildman–Crippen LogP) is 0.750. The SMILES string of the molecule is CC(C)NC(=O)c1cc(S(N)(=O)=O)cc(F)c1F. The second kappa shape index (κ2) is 4.99. The molecule has 100 valence electrons. The van der Waals surface area contributed by atoms with Crippen LogP contribution in [0.3, 0.4) is 0 Å².